The van der Waals surface area contributed by atoms with Gasteiger partial charge in [-0.05, 0) is 12.3 Å². The van der Waals surface area contributed by atoms with Gasteiger partial charge in [0.05, 0.1) is 43.5 Å². The van der Waals surface area contributed by atoms with Gasteiger partial charge in [-0.3, -0.25) is 9.78 Å². The van der Waals surface area contributed by atoms with Crippen LogP contribution in [0.25, 0.3) is 0 Å². The van der Waals surface area contributed by atoms with Crippen LogP contribution >= 0.6 is 0 Å². The topological polar surface area (TPSA) is 151 Å². The third-order valence-electron chi connectivity index (χ3n) is 4.71. The first-order chi connectivity index (χ1) is 12.5. The molecule has 1 aromatic heterocycles. The van der Waals surface area contributed by atoms with Crippen LogP contribution in [-0.2, 0) is 4.79 Å². The Balaban J connectivity index is 2.05. The van der Waals surface area contributed by atoms with E-state index in [1.807, 2.05) is 6.92 Å². The molecule has 1 saturated heterocycles. The zero-order valence-corrected chi connectivity index (χ0v) is 15.1. The number of hydrogen-bond donors (Lipinski definition) is 5. The van der Waals surface area contributed by atoms with E-state index in [0.717, 1.165) is 6.42 Å². The van der Waals surface area contributed by atoms with Crippen molar-refractivity contribution in [2.24, 2.45) is 29.2 Å². The number of carbonyl (C=O) groups is 1. The third kappa shape index (κ3) is 4.68. The molecule has 2 rings (SSSR count). The standard InChI is InChI=1S/C17H27N7O2/c1-3-10(6-18)11-7-22-16(23-8-11)14(15(19)20)17(25)24-12-9-21-5-4-13(12)26-2/h4-5,9-11,14-16,22-23H,3,7-8,19-20H2,1-2H3,(H,24,25). The second-order valence-electron chi connectivity index (χ2n) is 6.37. The molecule has 0 saturated carbocycles. The number of hydrogen-bond acceptors (Lipinski definition) is 8. The summed E-state index contributed by atoms with van der Waals surface area (Å²) in [6.45, 7) is 3.24. The minimum Gasteiger partial charge on any atom is -0.494 e. The van der Waals surface area contributed by atoms with Gasteiger partial charge in [0, 0.05) is 25.4 Å². The molecule has 1 aliphatic rings. The number of aromatic nitrogens is 1. The van der Waals surface area contributed by atoms with Gasteiger partial charge in [-0.1, -0.05) is 6.92 Å². The molecule has 0 aliphatic carbocycles. The van der Waals surface area contributed by atoms with E-state index in [1.165, 1.54) is 13.3 Å². The van der Waals surface area contributed by atoms with Gasteiger partial charge in [-0.15, -0.1) is 0 Å². The Labute approximate surface area is 153 Å². The second-order valence-corrected chi connectivity index (χ2v) is 6.37. The van der Waals surface area contributed by atoms with Gasteiger partial charge in [-0.25, -0.2) is 0 Å². The molecule has 9 heteroatoms. The summed E-state index contributed by atoms with van der Waals surface area (Å²) in [5.74, 6) is -0.390. The largest absolute Gasteiger partial charge is 0.494 e. The Morgan fingerprint density at radius 1 is 1.50 bits per heavy atom. The van der Waals surface area contributed by atoms with Crippen molar-refractivity contribution in [1.82, 2.24) is 15.6 Å². The number of amides is 1. The summed E-state index contributed by atoms with van der Waals surface area (Å²) in [6, 6.07) is 3.98. The number of nitrogens with one attached hydrogen (secondary N) is 3. The molecule has 142 valence electrons. The van der Waals surface area contributed by atoms with Crippen molar-refractivity contribution >= 4 is 11.6 Å². The zero-order chi connectivity index (χ0) is 19.1. The summed E-state index contributed by atoms with van der Waals surface area (Å²) in [7, 11) is 1.51. The number of ether oxygens (including phenoxy) is 1. The fraction of sp³-hybridized carbons (Fsp3) is 0.588. The van der Waals surface area contributed by atoms with E-state index >= 15 is 0 Å². The summed E-state index contributed by atoms with van der Waals surface area (Å²) >= 11 is 0. The van der Waals surface area contributed by atoms with E-state index in [2.05, 4.69) is 27.0 Å². The van der Waals surface area contributed by atoms with Crippen LogP contribution in [0.3, 0.4) is 0 Å². The van der Waals surface area contributed by atoms with Gasteiger partial charge in [-0.2, -0.15) is 5.26 Å². The number of anilines is 1. The van der Waals surface area contributed by atoms with Gasteiger partial charge in [0.2, 0.25) is 5.91 Å². The molecule has 2 heterocycles. The van der Waals surface area contributed by atoms with E-state index in [9.17, 15) is 10.1 Å². The van der Waals surface area contributed by atoms with Crippen molar-refractivity contribution in [1.29, 1.82) is 5.26 Å². The van der Waals surface area contributed by atoms with Crippen LogP contribution in [0.4, 0.5) is 5.69 Å². The van der Waals surface area contributed by atoms with Crippen molar-refractivity contribution in [3.05, 3.63) is 18.5 Å². The first-order valence-corrected chi connectivity index (χ1v) is 8.68. The van der Waals surface area contributed by atoms with Crippen LogP contribution in [-0.4, -0.2) is 43.4 Å². The second kappa shape index (κ2) is 9.45. The zero-order valence-electron chi connectivity index (χ0n) is 15.1. The number of rotatable bonds is 7. The van der Waals surface area contributed by atoms with Crippen LogP contribution in [0.15, 0.2) is 18.5 Å². The highest BCUT2D eigenvalue weighted by atomic mass is 16.5. The van der Waals surface area contributed by atoms with Gasteiger partial charge < -0.3 is 32.2 Å². The number of carbonyl (C=O) groups excluding carboxylic acids is 1. The fourth-order valence-electron chi connectivity index (χ4n) is 3.19. The molecule has 0 bridgehead atoms. The Kier molecular flexibility index (Phi) is 7.29. The molecule has 0 radical (unpaired) electrons. The molecular weight excluding hydrogens is 334 g/mol. The molecule has 1 fully saturated rings. The lowest BCUT2D eigenvalue weighted by Gasteiger charge is -2.37. The van der Waals surface area contributed by atoms with Crippen molar-refractivity contribution in [2.75, 3.05) is 25.5 Å². The summed E-state index contributed by atoms with van der Waals surface area (Å²) in [5, 5.41) is 18.5. The summed E-state index contributed by atoms with van der Waals surface area (Å²) in [5.41, 5.74) is 12.2. The average molecular weight is 361 g/mol. The number of nitriles is 1. The maximum atomic E-state index is 12.8. The molecule has 0 spiro atoms. The maximum Gasteiger partial charge on any atom is 0.233 e. The molecule has 0 aromatic carbocycles. The molecule has 26 heavy (non-hydrogen) atoms. The van der Waals surface area contributed by atoms with E-state index in [-0.39, 0.29) is 23.9 Å². The van der Waals surface area contributed by atoms with E-state index in [0.29, 0.717) is 24.5 Å². The van der Waals surface area contributed by atoms with E-state index < -0.39 is 12.1 Å². The van der Waals surface area contributed by atoms with E-state index in [4.69, 9.17) is 16.2 Å². The third-order valence-corrected chi connectivity index (χ3v) is 4.71. The van der Waals surface area contributed by atoms with Crippen LogP contribution in [0.2, 0.25) is 0 Å². The summed E-state index contributed by atoms with van der Waals surface area (Å²) < 4.78 is 5.22. The predicted molar refractivity (Wildman–Crippen MR) is 97.7 cm³/mol. The molecular formula is C17H27N7O2. The molecule has 2 unspecified atom stereocenters. The Morgan fingerprint density at radius 3 is 2.73 bits per heavy atom. The average Bonchev–Trinajstić information content (AvgIpc) is 2.64. The minimum absolute atomic E-state index is 0.0329. The van der Waals surface area contributed by atoms with Crippen LogP contribution in [0.5, 0.6) is 5.75 Å². The predicted octanol–water partition coefficient (Wildman–Crippen LogP) is -0.427. The molecule has 9 nitrogen and oxygen atoms in total. The highest BCUT2D eigenvalue weighted by Crippen LogP contribution is 2.24. The molecule has 1 amide bonds. The van der Waals surface area contributed by atoms with Crippen LogP contribution in [0.1, 0.15) is 13.3 Å². The van der Waals surface area contributed by atoms with Gasteiger partial charge in [0.25, 0.3) is 0 Å². The van der Waals surface area contributed by atoms with Crippen molar-refractivity contribution in [3.63, 3.8) is 0 Å². The van der Waals surface area contributed by atoms with Crippen LogP contribution in [0, 0.1) is 29.1 Å². The highest BCUT2D eigenvalue weighted by Gasteiger charge is 2.36. The van der Waals surface area contributed by atoms with E-state index in [1.54, 1.807) is 12.3 Å². The Bertz CT molecular complexity index is 638. The quantitative estimate of drug-likeness (QED) is 0.411. The summed E-state index contributed by atoms with van der Waals surface area (Å²) in [6.07, 6.45) is 2.62. The minimum atomic E-state index is -0.864. The normalized spacial score (nSPS) is 22.3. The van der Waals surface area contributed by atoms with Crippen molar-refractivity contribution in [2.45, 2.75) is 25.7 Å². The van der Waals surface area contributed by atoms with Gasteiger partial charge in [0.1, 0.15) is 11.4 Å². The monoisotopic (exact) mass is 361 g/mol. The highest BCUT2D eigenvalue weighted by molar-refractivity contribution is 5.94. The SMILES string of the molecule is CCC(C#N)C1CNC(C(C(=O)Nc2cnccc2OC)C(N)N)NC1. The van der Waals surface area contributed by atoms with Crippen LogP contribution < -0.4 is 32.2 Å². The maximum absolute atomic E-state index is 12.8. The molecule has 2 atom stereocenters. The van der Waals surface area contributed by atoms with Crippen molar-refractivity contribution in [3.8, 4) is 11.8 Å². The lowest BCUT2D eigenvalue weighted by atomic mass is 9.88. The first-order valence-electron chi connectivity index (χ1n) is 8.68. The molecule has 1 aliphatic heterocycles. The molecule has 1 aromatic rings. The lowest BCUT2D eigenvalue weighted by Crippen LogP contribution is -2.64. The van der Waals surface area contributed by atoms with Crippen molar-refractivity contribution < 1.29 is 9.53 Å². The van der Waals surface area contributed by atoms with Gasteiger partial charge >= 0.3 is 0 Å². The molecule has 7 N–H and O–H groups in total. The first kappa shape index (κ1) is 20.1. The smallest absolute Gasteiger partial charge is 0.233 e. The fourth-order valence-corrected chi connectivity index (χ4v) is 3.19. The van der Waals surface area contributed by atoms with Gasteiger partial charge in [0.15, 0.2) is 0 Å². The number of pyridine rings is 1. The Morgan fingerprint density at radius 2 is 2.19 bits per heavy atom. The number of methoxy groups -OCH3 is 1. The number of nitrogens with two attached hydrogens (primary N) is 2. The summed E-state index contributed by atoms with van der Waals surface area (Å²) in [4.78, 5) is 16.8. The number of nitrogens with zero attached hydrogens (tertiary/aromatic N) is 2. The lowest BCUT2D eigenvalue weighted by molar-refractivity contribution is -0.122. The Hall–Kier alpha value is -2.25.